The number of ether oxygens (including phenoxy) is 1. The minimum Gasteiger partial charge on any atom is -0.481 e. The number of halogens is 1. The Morgan fingerprint density at radius 1 is 1.17 bits per heavy atom. The van der Waals surface area contributed by atoms with E-state index in [0.29, 0.717) is 6.54 Å². The van der Waals surface area contributed by atoms with Crippen LogP contribution in [0.5, 0.6) is 5.75 Å². The summed E-state index contributed by atoms with van der Waals surface area (Å²) in [4.78, 5) is 26.9. The number of para-hydroxylation sites is 1. The van der Waals surface area contributed by atoms with Gasteiger partial charge in [0.1, 0.15) is 6.04 Å². The monoisotopic (exact) mass is 400 g/mol. The Kier molecular flexibility index (Phi) is 8.65. The minimum absolute atomic E-state index is 0.0106. The predicted molar refractivity (Wildman–Crippen MR) is 111 cm³/mol. The Morgan fingerprint density at radius 2 is 1.93 bits per heavy atom. The van der Waals surface area contributed by atoms with Gasteiger partial charge in [0.15, 0.2) is 18.2 Å². The lowest BCUT2D eigenvalue weighted by Crippen LogP contribution is -2.49. The molecule has 29 heavy (non-hydrogen) atoms. The Balaban J connectivity index is 2.12. The molecule has 0 heterocycles. The Labute approximate surface area is 171 Å². The maximum absolute atomic E-state index is 13.8. The van der Waals surface area contributed by atoms with Crippen LogP contribution in [0.4, 0.5) is 4.39 Å². The molecule has 1 atom stereocenters. The lowest BCUT2D eigenvalue weighted by atomic mass is 10.1. The first-order valence-corrected chi connectivity index (χ1v) is 9.92. The summed E-state index contributed by atoms with van der Waals surface area (Å²) in [5.74, 6) is -1.12. The van der Waals surface area contributed by atoms with Crippen LogP contribution in [0.3, 0.4) is 0 Å². The summed E-state index contributed by atoms with van der Waals surface area (Å²) >= 11 is 0. The van der Waals surface area contributed by atoms with E-state index in [0.717, 1.165) is 24.0 Å². The summed E-state index contributed by atoms with van der Waals surface area (Å²) in [6.45, 7) is 6.19. The normalized spacial score (nSPS) is 11.6. The highest BCUT2D eigenvalue weighted by molar-refractivity contribution is 5.87. The summed E-state index contributed by atoms with van der Waals surface area (Å²) in [5, 5.41) is 2.87. The van der Waals surface area contributed by atoms with E-state index < -0.39 is 11.9 Å². The largest absolute Gasteiger partial charge is 0.481 e. The standard InChI is InChI=1S/C23H29FN2O3/c1-4-5-13-25-23(28)18(3)26(15-19-10-8-9-17(2)14-19)22(27)16-29-21-12-7-6-11-20(21)24/h6-12,14,18H,4-5,13,15-16H2,1-3H3,(H,25,28)/t18-/m1/s1. The Hall–Kier alpha value is -2.89. The fourth-order valence-corrected chi connectivity index (χ4v) is 2.91. The van der Waals surface area contributed by atoms with Crippen LogP contribution in [0, 0.1) is 12.7 Å². The number of unbranched alkanes of at least 4 members (excludes halogenated alkanes) is 1. The van der Waals surface area contributed by atoms with Crippen molar-refractivity contribution in [3.8, 4) is 5.75 Å². The third-order valence-corrected chi connectivity index (χ3v) is 4.62. The molecule has 2 aromatic rings. The molecule has 1 N–H and O–H groups in total. The van der Waals surface area contributed by atoms with E-state index >= 15 is 0 Å². The van der Waals surface area contributed by atoms with Gasteiger partial charge in [0.25, 0.3) is 5.91 Å². The summed E-state index contributed by atoms with van der Waals surface area (Å²) < 4.78 is 19.1. The number of nitrogens with zero attached hydrogens (tertiary/aromatic N) is 1. The highest BCUT2D eigenvalue weighted by atomic mass is 19.1. The van der Waals surface area contributed by atoms with Crippen molar-refractivity contribution in [3.05, 3.63) is 65.5 Å². The third kappa shape index (κ3) is 6.89. The number of amides is 2. The molecule has 0 saturated heterocycles. The Bertz CT molecular complexity index is 825. The number of aryl methyl sites for hydroxylation is 1. The smallest absolute Gasteiger partial charge is 0.261 e. The number of carbonyl (C=O) groups is 2. The fraction of sp³-hybridized carbons (Fsp3) is 0.391. The van der Waals surface area contributed by atoms with E-state index in [1.54, 1.807) is 19.1 Å². The molecule has 0 bridgehead atoms. The van der Waals surface area contributed by atoms with Gasteiger partial charge in [0.05, 0.1) is 0 Å². The molecule has 156 valence electrons. The molecule has 0 aliphatic heterocycles. The van der Waals surface area contributed by atoms with E-state index in [-0.39, 0.29) is 30.7 Å². The third-order valence-electron chi connectivity index (χ3n) is 4.62. The van der Waals surface area contributed by atoms with Crippen LogP contribution in [0.15, 0.2) is 48.5 Å². The van der Waals surface area contributed by atoms with Crippen molar-refractivity contribution in [2.24, 2.45) is 0 Å². The zero-order chi connectivity index (χ0) is 21.2. The fourth-order valence-electron chi connectivity index (χ4n) is 2.91. The predicted octanol–water partition coefficient (Wildman–Crippen LogP) is 3.85. The van der Waals surface area contributed by atoms with Crippen molar-refractivity contribution < 1.29 is 18.7 Å². The summed E-state index contributed by atoms with van der Waals surface area (Å²) in [5.41, 5.74) is 1.98. The van der Waals surface area contributed by atoms with Gasteiger partial charge in [0, 0.05) is 13.1 Å². The van der Waals surface area contributed by atoms with E-state index in [9.17, 15) is 14.0 Å². The molecule has 0 unspecified atom stereocenters. The maximum Gasteiger partial charge on any atom is 0.261 e. The molecule has 0 spiro atoms. The van der Waals surface area contributed by atoms with Gasteiger partial charge in [-0.3, -0.25) is 9.59 Å². The summed E-state index contributed by atoms with van der Waals surface area (Å²) in [7, 11) is 0. The van der Waals surface area contributed by atoms with Crippen LogP contribution < -0.4 is 10.1 Å². The van der Waals surface area contributed by atoms with Gasteiger partial charge < -0.3 is 15.0 Å². The summed E-state index contributed by atoms with van der Waals surface area (Å²) in [6.07, 6.45) is 1.84. The van der Waals surface area contributed by atoms with Crippen LogP contribution in [0.2, 0.25) is 0 Å². The van der Waals surface area contributed by atoms with Crippen LogP contribution in [0.1, 0.15) is 37.8 Å². The SMILES string of the molecule is CCCCNC(=O)[C@@H](C)N(Cc1cccc(C)c1)C(=O)COc1ccccc1F. The summed E-state index contributed by atoms with van der Waals surface area (Å²) in [6, 6.07) is 13.0. The van der Waals surface area contributed by atoms with E-state index in [2.05, 4.69) is 5.32 Å². The molecule has 2 rings (SSSR count). The molecule has 5 nitrogen and oxygen atoms in total. The van der Waals surface area contributed by atoms with Crippen molar-refractivity contribution >= 4 is 11.8 Å². The van der Waals surface area contributed by atoms with Crippen LogP contribution in [-0.2, 0) is 16.1 Å². The van der Waals surface area contributed by atoms with E-state index in [4.69, 9.17) is 4.74 Å². The van der Waals surface area contributed by atoms with Gasteiger partial charge >= 0.3 is 0 Å². The van der Waals surface area contributed by atoms with Crippen molar-refractivity contribution in [3.63, 3.8) is 0 Å². The molecule has 0 aromatic heterocycles. The minimum atomic E-state index is -0.677. The van der Waals surface area contributed by atoms with E-state index in [1.165, 1.54) is 17.0 Å². The lowest BCUT2D eigenvalue weighted by Gasteiger charge is -2.29. The molecule has 0 saturated carbocycles. The van der Waals surface area contributed by atoms with Gasteiger partial charge in [-0.25, -0.2) is 4.39 Å². The lowest BCUT2D eigenvalue weighted by molar-refractivity contribution is -0.142. The average molecular weight is 400 g/mol. The number of hydrogen-bond acceptors (Lipinski definition) is 3. The first-order valence-electron chi connectivity index (χ1n) is 9.92. The second-order valence-electron chi connectivity index (χ2n) is 7.05. The van der Waals surface area contributed by atoms with Crippen molar-refractivity contribution in [1.82, 2.24) is 10.2 Å². The Morgan fingerprint density at radius 3 is 2.62 bits per heavy atom. The second-order valence-corrected chi connectivity index (χ2v) is 7.05. The highest BCUT2D eigenvalue weighted by Crippen LogP contribution is 2.16. The van der Waals surface area contributed by atoms with Gasteiger partial charge in [-0.1, -0.05) is 55.3 Å². The first kappa shape index (κ1) is 22.4. The second kappa shape index (κ2) is 11.2. The van der Waals surface area contributed by atoms with Crippen LogP contribution in [-0.4, -0.2) is 35.9 Å². The molecule has 0 aliphatic rings. The molecular weight excluding hydrogens is 371 g/mol. The zero-order valence-corrected chi connectivity index (χ0v) is 17.3. The topological polar surface area (TPSA) is 58.6 Å². The molecule has 2 aromatic carbocycles. The zero-order valence-electron chi connectivity index (χ0n) is 17.3. The average Bonchev–Trinajstić information content (AvgIpc) is 2.71. The quantitative estimate of drug-likeness (QED) is 0.617. The van der Waals surface area contributed by atoms with Gasteiger partial charge in [0.2, 0.25) is 5.91 Å². The first-order chi connectivity index (χ1) is 13.9. The van der Waals surface area contributed by atoms with Gasteiger partial charge in [-0.2, -0.15) is 0 Å². The van der Waals surface area contributed by atoms with E-state index in [1.807, 2.05) is 38.1 Å². The molecule has 0 radical (unpaired) electrons. The highest BCUT2D eigenvalue weighted by Gasteiger charge is 2.26. The number of nitrogens with one attached hydrogen (secondary N) is 1. The van der Waals surface area contributed by atoms with Crippen molar-refractivity contribution in [2.45, 2.75) is 46.2 Å². The van der Waals surface area contributed by atoms with Crippen molar-refractivity contribution in [2.75, 3.05) is 13.2 Å². The molecular formula is C23H29FN2O3. The number of rotatable bonds is 10. The van der Waals surface area contributed by atoms with Crippen molar-refractivity contribution in [1.29, 1.82) is 0 Å². The number of carbonyl (C=O) groups excluding carboxylic acids is 2. The maximum atomic E-state index is 13.8. The number of hydrogen-bond donors (Lipinski definition) is 1. The van der Waals surface area contributed by atoms with Crippen LogP contribution >= 0.6 is 0 Å². The molecule has 6 heteroatoms. The number of benzene rings is 2. The van der Waals surface area contributed by atoms with Gasteiger partial charge in [-0.15, -0.1) is 0 Å². The van der Waals surface area contributed by atoms with Gasteiger partial charge in [-0.05, 0) is 38.0 Å². The van der Waals surface area contributed by atoms with Crippen LogP contribution in [0.25, 0.3) is 0 Å². The molecule has 0 aliphatic carbocycles. The molecule has 2 amide bonds. The molecule has 0 fully saturated rings.